The fourth-order valence-corrected chi connectivity index (χ4v) is 0.943. The van der Waals surface area contributed by atoms with Gasteiger partial charge in [0.25, 0.3) is 5.91 Å². The molecule has 1 radical (unpaired) electrons. The normalized spacial score (nSPS) is 14.2. The lowest BCUT2D eigenvalue weighted by atomic mass is 10.4. The molecule has 1 aromatic rings. The molecule has 1 aliphatic heterocycles. The van der Waals surface area contributed by atoms with Gasteiger partial charge in [-0.25, -0.2) is 4.98 Å². The van der Waals surface area contributed by atoms with Crippen molar-refractivity contribution < 1.29 is 4.79 Å². The lowest BCUT2D eigenvalue weighted by Crippen LogP contribution is -2.06. The molecule has 0 saturated heterocycles. The molecule has 4 heteroatoms. The molecule has 0 spiro atoms. The van der Waals surface area contributed by atoms with Crippen molar-refractivity contribution in [3.8, 4) is 0 Å². The molecule has 1 N–H and O–H groups in total. The Morgan fingerprint density at radius 3 is 3.25 bits per heavy atom. The summed E-state index contributed by atoms with van der Waals surface area (Å²) >= 11 is 0. The number of carbonyl (C=O) groups is 1. The van der Waals surface area contributed by atoms with E-state index in [0.29, 0.717) is 5.82 Å². The number of amides is 1. The SMILES string of the molecule is O=C1C=CNc2cccnc2[N]1. The van der Waals surface area contributed by atoms with Crippen LogP contribution in [0.3, 0.4) is 0 Å². The number of nitrogens with zero attached hydrogens (tertiary/aromatic N) is 2. The van der Waals surface area contributed by atoms with Crippen molar-refractivity contribution in [1.82, 2.24) is 10.3 Å². The lowest BCUT2D eigenvalue weighted by Gasteiger charge is -2.01. The number of fused-ring (bicyclic) bond motifs is 1. The molecule has 0 fully saturated rings. The van der Waals surface area contributed by atoms with E-state index in [9.17, 15) is 4.79 Å². The van der Waals surface area contributed by atoms with Crippen LogP contribution in [0.5, 0.6) is 0 Å². The van der Waals surface area contributed by atoms with Gasteiger partial charge in [0.05, 0.1) is 5.69 Å². The van der Waals surface area contributed by atoms with Gasteiger partial charge in [-0.05, 0) is 12.1 Å². The van der Waals surface area contributed by atoms with E-state index in [4.69, 9.17) is 0 Å². The highest BCUT2D eigenvalue weighted by atomic mass is 16.1. The van der Waals surface area contributed by atoms with Crippen LogP contribution in [0.15, 0.2) is 30.6 Å². The van der Waals surface area contributed by atoms with E-state index in [2.05, 4.69) is 15.6 Å². The van der Waals surface area contributed by atoms with E-state index in [1.165, 1.54) is 6.08 Å². The zero-order chi connectivity index (χ0) is 8.39. The Labute approximate surface area is 69.3 Å². The molecule has 0 aliphatic carbocycles. The Morgan fingerprint density at radius 2 is 2.33 bits per heavy atom. The monoisotopic (exact) mass is 160 g/mol. The van der Waals surface area contributed by atoms with Crippen molar-refractivity contribution in [3.05, 3.63) is 30.6 Å². The van der Waals surface area contributed by atoms with Crippen molar-refractivity contribution in [1.29, 1.82) is 0 Å². The quantitative estimate of drug-likeness (QED) is 0.610. The highest BCUT2D eigenvalue weighted by Gasteiger charge is 2.09. The summed E-state index contributed by atoms with van der Waals surface area (Å²) in [5.74, 6) is 0.146. The van der Waals surface area contributed by atoms with Crippen molar-refractivity contribution in [2.45, 2.75) is 0 Å². The zero-order valence-corrected chi connectivity index (χ0v) is 6.19. The number of aromatic nitrogens is 1. The lowest BCUT2D eigenvalue weighted by molar-refractivity contribution is -0.115. The van der Waals surface area contributed by atoms with E-state index in [-0.39, 0.29) is 5.91 Å². The number of anilines is 1. The molecule has 12 heavy (non-hydrogen) atoms. The van der Waals surface area contributed by atoms with Gasteiger partial charge in [-0.2, -0.15) is 5.32 Å². The molecule has 0 unspecified atom stereocenters. The minimum Gasteiger partial charge on any atom is -0.358 e. The van der Waals surface area contributed by atoms with Gasteiger partial charge < -0.3 is 5.32 Å². The van der Waals surface area contributed by atoms with E-state index >= 15 is 0 Å². The number of pyridine rings is 1. The predicted octanol–water partition coefficient (Wildman–Crippen LogP) is 0.783. The van der Waals surface area contributed by atoms with Crippen LogP contribution >= 0.6 is 0 Å². The second kappa shape index (κ2) is 2.65. The molecule has 0 atom stereocenters. The average Bonchev–Trinajstić information content (AvgIpc) is 2.25. The molecular weight excluding hydrogens is 154 g/mol. The topological polar surface area (TPSA) is 56.1 Å². The molecular formula is C8H6N3O. The number of carbonyl (C=O) groups excluding carboxylic acids is 1. The Bertz CT molecular complexity index is 346. The third kappa shape index (κ3) is 1.14. The van der Waals surface area contributed by atoms with E-state index < -0.39 is 0 Å². The average molecular weight is 160 g/mol. The maximum atomic E-state index is 10.9. The van der Waals surface area contributed by atoms with Gasteiger partial charge in [0.1, 0.15) is 0 Å². The number of nitrogens with one attached hydrogen (secondary N) is 1. The Morgan fingerprint density at radius 1 is 1.42 bits per heavy atom. The molecule has 1 aliphatic rings. The van der Waals surface area contributed by atoms with Crippen molar-refractivity contribution in [2.24, 2.45) is 0 Å². The predicted molar refractivity (Wildman–Crippen MR) is 43.8 cm³/mol. The summed E-state index contributed by atoms with van der Waals surface area (Å²) in [7, 11) is 0. The Hall–Kier alpha value is -1.84. The second-order valence-electron chi connectivity index (χ2n) is 2.30. The zero-order valence-electron chi connectivity index (χ0n) is 6.19. The number of hydrogen-bond acceptors (Lipinski definition) is 3. The van der Waals surface area contributed by atoms with Crippen LogP contribution in [0, 0.1) is 0 Å². The van der Waals surface area contributed by atoms with Gasteiger partial charge in [-0.1, -0.05) is 0 Å². The Balaban J connectivity index is 2.44. The standard InChI is InChI=1S/C8H6N3O/c12-7-3-5-9-6-2-1-4-10-8(6)11-7/h1-5,9H. The first-order chi connectivity index (χ1) is 5.86. The van der Waals surface area contributed by atoms with Gasteiger partial charge in [0.15, 0.2) is 5.82 Å². The summed E-state index contributed by atoms with van der Waals surface area (Å²) in [5.41, 5.74) is 0.750. The van der Waals surface area contributed by atoms with Crippen LogP contribution in [0.1, 0.15) is 0 Å². The minimum absolute atomic E-state index is 0.292. The second-order valence-corrected chi connectivity index (χ2v) is 2.30. The summed E-state index contributed by atoms with van der Waals surface area (Å²) in [5, 5.41) is 6.64. The van der Waals surface area contributed by atoms with Crippen molar-refractivity contribution >= 4 is 17.4 Å². The summed E-state index contributed by atoms with van der Waals surface area (Å²) < 4.78 is 0. The molecule has 2 rings (SSSR count). The fraction of sp³-hybridized carbons (Fsp3) is 0. The van der Waals surface area contributed by atoms with Crippen LogP contribution in [0.2, 0.25) is 0 Å². The van der Waals surface area contributed by atoms with Crippen LogP contribution in [0.4, 0.5) is 11.5 Å². The van der Waals surface area contributed by atoms with E-state index in [1.54, 1.807) is 18.5 Å². The Kier molecular flexibility index (Phi) is 1.51. The van der Waals surface area contributed by atoms with Crippen molar-refractivity contribution in [2.75, 3.05) is 5.32 Å². The first-order valence-electron chi connectivity index (χ1n) is 3.50. The van der Waals surface area contributed by atoms with Crippen LogP contribution in [-0.2, 0) is 4.79 Å². The third-order valence-electron chi connectivity index (χ3n) is 1.47. The molecule has 1 amide bonds. The van der Waals surface area contributed by atoms with E-state index in [0.717, 1.165) is 5.69 Å². The first-order valence-corrected chi connectivity index (χ1v) is 3.50. The molecule has 0 bridgehead atoms. The maximum absolute atomic E-state index is 10.9. The highest BCUT2D eigenvalue weighted by molar-refractivity contribution is 5.93. The highest BCUT2D eigenvalue weighted by Crippen LogP contribution is 2.19. The summed E-state index contributed by atoms with van der Waals surface area (Å²) in [4.78, 5) is 14.9. The van der Waals surface area contributed by atoms with Gasteiger partial charge in [0.2, 0.25) is 0 Å². The molecule has 0 saturated carbocycles. The summed E-state index contributed by atoms with van der Waals surface area (Å²) in [6.07, 6.45) is 4.52. The smallest absolute Gasteiger partial charge is 0.273 e. The van der Waals surface area contributed by atoms with Gasteiger partial charge in [-0.15, -0.1) is 0 Å². The van der Waals surface area contributed by atoms with Crippen molar-refractivity contribution in [3.63, 3.8) is 0 Å². The number of hydrogen-bond donors (Lipinski definition) is 1. The summed E-state index contributed by atoms with van der Waals surface area (Å²) in [6.45, 7) is 0. The van der Waals surface area contributed by atoms with Gasteiger partial charge in [-0.3, -0.25) is 4.79 Å². The van der Waals surface area contributed by atoms with E-state index in [1.807, 2.05) is 6.07 Å². The molecule has 2 heterocycles. The minimum atomic E-state index is -0.292. The third-order valence-corrected chi connectivity index (χ3v) is 1.47. The molecule has 1 aromatic heterocycles. The van der Waals surface area contributed by atoms with Crippen LogP contribution in [0.25, 0.3) is 0 Å². The first kappa shape index (κ1) is 6.84. The largest absolute Gasteiger partial charge is 0.358 e. The summed E-state index contributed by atoms with van der Waals surface area (Å²) in [6, 6.07) is 3.60. The number of rotatable bonds is 0. The van der Waals surface area contributed by atoms with Crippen LogP contribution in [-0.4, -0.2) is 10.9 Å². The molecule has 4 nitrogen and oxygen atoms in total. The maximum Gasteiger partial charge on any atom is 0.273 e. The van der Waals surface area contributed by atoms with Crippen LogP contribution < -0.4 is 10.6 Å². The molecule has 59 valence electrons. The van der Waals surface area contributed by atoms with Gasteiger partial charge >= 0.3 is 0 Å². The molecule has 0 aromatic carbocycles. The van der Waals surface area contributed by atoms with Gasteiger partial charge in [0, 0.05) is 18.5 Å². The fourth-order valence-electron chi connectivity index (χ4n) is 0.943.